The maximum Gasteiger partial charge on any atom is 0.158 e. The van der Waals surface area contributed by atoms with Gasteiger partial charge in [-0.15, -0.1) is 0 Å². The number of benzene rings is 1. The van der Waals surface area contributed by atoms with Crippen LogP contribution in [0, 0.1) is 0 Å². The predicted octanol–water partition coefficient (Wildman–Crippen LogP) is 1.93. The zero-order chi connectivity index (χ0) is 14.2. The lowest BCUT2D eigenvalue weighted by Gasteiger charge is -2.22. The maximum absolute atomic E-state index is 8.96. The highest BCUT2D eigenvalue weighted by atomic mass is 16.7. The molecular weight excluding hydrogens is 256 g/mol. The smallest absolute Gasteiger partial charge is 0.158 e. The second kappa shape index (κ2) is 7.89. The Morgan fingerprint density at radius 2 is 2.20 bits per heavy atom. The van der Waals surface area contributed by atoms with Gasteiger partial charge in [0.15, 0.2) is 6.29 Å². The Kier molecular flexibility index (Phi) is 5.86. The molecule has 1 fully saturated rings. The zero-order valence-electron chi connectivity index (χ0n) is 11.5. The van der Waals surface area contributed by atoms with Crippen LogP contribution in [0.15, 0.2) is 36.2 Å². The van der Waals surface area contributed by atoms with Crippen molar-refractivity contribution in [2.75, 3.05) is 18.5 Å². The van der Waals surface area contributed by atoms with Gasteiger partial charge in [-0.1, -0.05) is 12.1 Å². The third-order valence-corrected chi connectivity index (χ3v) is 3.13. The van der Waals surface area contributed by atoms with Crippen LogP contribution in [0.2, 0.25) is 0 Å². The van der Waals surface area contributed by atoms with Gasteiger partial charge in [-0.3, -0.25) is 0 Å². The summed E-state index contributed by atoms with van der Waals surface area (Å²) in [6, 6.07) is 7.50. The zero-order valence-corrected chi connectivity index (χ0v) is 11.5. The first kappa shape index (κ1) is 14.8. The molecule has 1 aromatic rings. The maximum atomic E-state index is 8.96. The van der Waals surface area contributed by atoms with E-state index in [1.165, 1.54) is 0 Å². The monoisotopic (exact) mass is 278 g/mol. The van der Waals surface area contributed by atoms with Gasteiger partial charge in [0.1, 0.15) is 0 Å². The van der Waals surface area contributed by atoms with E-state index >= 15 is 0 Å². The largest absolute Gasteiger partial charge is 0.399 e. The summed E-state index contributed by atoms with van der Waals surface area (Å²) >= 11 is 0. The summed E-state index contributed by atoms with van der Waals surface area (Å²) in [6.45, 7) is 1.17. The molecule has 1 aliphatic heterocycles. The van der Waals surface area contributed by atoms with Gasteiger partial charge in [-0.2, -0.15) is 0 Å². The summed E-state index contributed by atoms with van der Waals surface area (Å²) in [5.74, 6) is 0. The van der Waals surface area contributed by atoms with Gasteiger partial charge in [0.2, 0.25) is 0 Å². The van der Waals surface area contributed by atoms with Crippen molar-refractivity contribution < 1.29 is 14.6 Å². The second-order valence-electron chi connectivity index (χ2n) is 4.83. The van der Waals surface area contributed by atoms with E-state index in [0.717, 1.165) is 37.1 Å². The van der Waals surface area contributed by atoms with E-state index in [4.69, 9.17) is 20.3 Å². The first-order valence-corrected chi connectivity index (χ1v) is 6.92. The van der Waals surface area contributed by atoms with Crippen LogP contribution < -0.4 is 11.1 Å². The number of rotatable bonds is 6. The number of aliphatic hydroxyl groups is 1. The summed E-state index contributed by atoms with van der Waals surface area (Å²) in [5, 5.41) is 12.1. The summed E-state index contributed by atoms with van der Waals surface area (Å²) < 4.78 is 11.0. The van der Waals surface area contributed by atoms with Crippen molar-refractivity contribution in [1.82, 2.24) is 0 Å². The van der Waals surface area contributed by atoms with Crippen LogP contribution in [0.3, 0.4) is 0 Å². The SMILES string of the molecule is N/C(=C\Nc1ccc(CO)cc1)COC1CCCCO1. The fraction of sp³-hybridized carbons (Fsp3) is 0.467. The molecule has 0 amide bonds. The second-order valence-corrected chi connectivity index (χ2v) is 4.83. The predicted molar refractivity (Wildman–Crippen MR) is 77.8 cm³/mol. The molecule has 1 heterocycles. The first-order valence-electron chi connectivity index (χ1n) is 6.92. The molecule has 0 spiro atoms. The molecule has 0 saturated carbocycles. The summed E-state index contributed by atoms with van der Waals surface area (Å²) in [5.41, 5.74) is 8.28. The minimum absolute atomic E-state index is 0.0491. The molecule has 0 bridgehead atoms. The molecule has 1 aliphatic rings. The number of nitrogens with one attached hydrogen (secondary N) is 1. The Morgan fingerprint density at radius 3 is 2.85 bits per heavy atom. The summed E-state index contributed by atoms with van der Waals surface area (Å²) in [4.78, 5) is 0. The lowest BCUT2D eigenvalue weighted by Crippen LogP contribution is -2.24. The molecule has 1 aromatic carbocycles. The molecule has 0 radical (unpaired) electrons. The van der Waals surface area contributed by atoms with Crippen LogP contribution in [0.5, 0.6) is 0 Å². The number of hydrogen-bond donors (Lipinski definition) is 3. The highest BCUT2D eigenvalue weighted by Crippen LogP contribution is 2.14. The van der Waals surface area contributed by atoms with Crippen molar-refractivity contribution in [1.29, 1.82) is 0 Å². The van der Waals surface area contributed by atoms with Crippen LogP contribution in [0.1, 0.15) is 24.8 Å². The van der Waals surface area contributed by atoms with Crippen molar-refractivity contribution in [3.05, 3.63) is 41.7 Å². The highest BCUT2D eigenvalue weighted by Gasteiger charge is 2.13. The van der Waals surface area contributed by atoms with Gasteiger partial charge in [0.25, 0.3) is 0 Å². The lowest BCUT2D eigenvalue weighted by atomic mass is 10.2. The van der Waals surface area contributed by atoms with Crippen LogP contribution in [0.4, 0.5) is 5.69 Å². The van der Waals surface area contributed by atoms with Crippen molar-refractivity contribution in [3.63, 3.8) is 0 Å². The van der Waals surface area contributed by atoms with Gasteiger partial charge < -0.3 is 25.6 Å². The van der Waals surface area contributed by atoms with Gasteiger partial charge in [0, 0.05) is 18.5 Å². The lowest BCUT2D eigenvalue weighted by molar-refractivity contribution is -0.157. The average Bonchev–Trinajstić information content (AvgIpc) is 2.52. The number of anilines is 1. The highest BCUT2D eigenvalue weighted by molar-refractivity contribution is 5.47. The van der Waals surface area contributed by atoms with Gasteiger partial charge in [0.05, 0.1) is 18.9 Å². The molecule has 0 aromatic heterocycles. The van der Waals surface area contributed by atoms with E-state index in [2.05, 4.69) is 5.32 Å². The quantitative estimate of drug-likeness (QED) is 0.741. The first-order chi connectivity index (χ1) is 9.78. The molecule has 1 unspecified atom stereocenters. The number of ether oxygens (including phenoxy) is 2. The Bertz CT molecular complexity index is 425. The van der Waals surface area contributed by atoms with Crippen LogP contribution >= 0.6 is 0 Å². The minimum Gasteiger partial charge on any atom is -0.399 e. The number of hydrogen-bond acceptors (Lipinski definition) is 5. The van der Waals surface area contributed by atoms with E-state index in [0.29, 0.717) is 12.3 Å². The number of nitrogens with two attached hydrogens (primary N) is 1. The van der Waals surface area contributed by atoms with Gasteiger partial charge in [-0.05, 0) is 37.0 Å². The van der Waals surface area contributed by atoms with Crippen molar-refractivity contribution in [2.45, 2.75) is 32.2 Å². The fourth-order valence-electron chi connectivity index (χ4n) is 1.96. The van der Waals surface area contributed by atoms with E-state index < -0.39 is 0 Å². The Labute approximate surface area is 119 Å². The molecule has 0 aliphatic carbocycles. The Hall–Kier alpha value is -1.56. The molecule has 4 N–H and O–H groups in total. The Balaban J connectivity index is 1.74. The molecule has 5 nitrogen and oxygen atoms in total. The van der Waals surface area contributed by atoms with Crippen LogP contribution in [-0.2, 0) is 16.1 Å². The topological polar surface area (TPSA) is 76.7 Å². The van der Waals surface area contributed by atoms with Gasteiger partial charge >= 0.3 is 0 Å². The van der Waals surface area contributed by atoms with Crippen LogP contribution in [-0.4, -0.2) is 24.6 Å². The molecular formula is C15H22N2O3. The summed E-state index contributed by atoms with van der Waals surface area (Å²) in [7, 11) is 0. The molecule has 5 heteroatoms. The third-order valence-electron chi connectivity index (χ3n) is 3.13. The molecule has 20 heavy (non-hydrogen) atoms. The number of aliphatic hydroxyl groups excluding tert-OH is 1. The minimum atomic E-state index is -0.125. The average molecular weight is 278 g/mol. The molecule has 2 rings (SSSR count). The molecule has 1 saturated heterocycles. The van der Waals surface area contributed by atoms with E-state index in [1.807, 2.05) is 24.3 Å². The molecule has 1 atom stereocenters. The van der Waals surface area contributed by atoms with Crippen molar-refractivity contribution in [3.8, 4) is 0 Å². The third kappa shape index (κ3) is 4.85. The molecule has 110 valence electrons. The standard InChI is InChI=1S/C15H22N2O3/c16-13(11-20-15-3-1-2-8-19-15)9-17-14-6-4-12(10-18)5-7-14/h4-7,9,15,17-18H,1-3,8,10-11,16H2/b13-9-. The Morgan fingerprint density at radius 1 is 1.40 bits per heavy atom. The van der Waals surface area contributed by atoms with Gasteiger partial charge in [-0.25, -0.2) is 0 Å². The van der Waals surface area contributed by atoms with E-state index in [-0.39, 0.29) is 12.9 Å². The van der Waals surface area contributed by atoms with Crippen molar-refractivity contribution in [2.24, 2.45) is 5.73 Å². The summed E-state index contributed by atoms with van der Waals surface area (Å²) in [6.07, 6.45) is 4.78. The van der Waals surface area contributed by atoms with Crippen molar-refractivity contribution >= 4 is 5.69 Å². The van der Waals surface area contributed by atoms with Crippen LogP contribution in [0.25, 0.3) is 0 Å². The normalized spacial score (nSPS) is 19.9. The van der Waals surface area contributed by atoms with E-state index in [1.54, 1.807) is 6.20 Å². The fourth-order valence-corrected chi connectivity index (χ4v) is 1.96. The van der Waals surface area contributed by atoms with E-state index in [9.17, 15) is 0 Å².